The average Bonchev–Trinajstić information content (AvgIpc) is 2.75. The maximum atomic E-state index is 11.9. The average molecular weight is 360 g/mol. The Bertz CT molecular complexity index is 490. The topological polar surface area (TPSA) is 78.4 Å². The van der Waals surface area contributed by atoms with Gasteiger partial charge in [-0.1, -0.05) is 0 Å². The van der Waals surface area contributed by atoms with E-state index in [4.69, 9.17) is 0 Å². The number of hydrogen-bond donors (Lipinski definition) is 3. The number of amides is 2. The van der Waals surface area contributed by atoms with Crippen LogP contribution in [0.25, 0.3) is 0 Å². The number of aromatic hydroxyl groups is 1. The minimum Gasteiger partial charge on any atom is -0.507 e. The van der Waals surface area contributed by atoms with Crippen molar-refractivity contribution in [3.63, 3.8) is 0 Å². The normalized spacial score (nSPS) is 18.5. The molecule has 18 heavy (non-hydrogen) atoms. The van der Waals surface area contributed by atoms with E-state index in [9.17, 15) is 14.7 Å². The Labute approximate surface area is 118 Å². The summed E-state index contributed by atoms with van der Waals surface area (Å²) in [5.74, 6) is -0.345. The van der Waals surface area contributed by atoms with Crippen molar-refractivity contribution in [3.05, 3.63) is 27.3 Å². The molecule has 1 saturated heterocycles. The molecule has 6 heteroatoms. The van der Waals surface area contributed by atoms with Crippen LogP contribution in [0.15, 0.2) is 18.2 Å². The standard InChI is InChI=1S/C12H13IN2O3/c13-7-1-3-10(16)9(5-7)12(18)14-6-8-2-4-11(17)15-8/h1,3,5,8,16H,2,4,6H2,(H,14,18)(H,15,17). The quantitative estimate of drug-likeness (QED) is 0.704. The van der Waals surface area contributed by atoms with E-state index < -0.39 is 0 Å². The molecule has 1 fully saturated rings. The van der Waals surface area contributed by atoms with Gasteiger partial charge in [-0.15, -0.1) is 0 Å². The lowest BCUT2D eigenvalue weighted by Gasteiger charge is -2.12. The van der Waals surface area contributed by atoms with Crippen molar-refractivity contribution >= 4 is 34.4 Å². The molecule has 5 nitrogen and oxygen atoms in total. The number of nitrogens with one attached hydrogen (secondary N) is 2. The van der Waals surface area contributed by atoms with E-state index in [1.807, 2.05) is 0 Å². The first kappa shape index (κ1) is 13.1. The first-order valence-electron chi connectivity index (χ1n) is 5.62. The second-order valence-corrected chi connectivity index (χ2v) is 5.42. The molecule has 96 valence electrons. The zero-order chi connectivity index (χ0) is 13.1. The van der Waals surface area contributed by atoms with Crippen LogP contribution >= 0.6 is 22.6 Å². The zero-order valence-corrected chi connectivity index (χ0v) is 11.7. The third-order valence-electron chi connectivity index (χ3n) is 2.80. The molecule has 2 amide bonds. The third-order valence-corrected chi connectivity index (χ3v) is 3.47. The molecule has 0 bridgehead atoms. The summed E-state index contributed by atoms with van der Waals surface area (Å²) >= 11 is 2.08. The van der Waals surface area contributed by atoms with Crippen molar-refractivity contribution in [2.45, 2.75) is 18.9 Å². The molecule has 1 aliphatic heterocycles. The minimum atomic E-state index is -0.327. The lowest BCUT2D eigenvalue weighted by atomic mass is 10.1. The lowest BCUT2D eigenvalue weighted by molar-refractivity contribution is -0.119. The van der Waals surface area contributed by atoms with Gasteiger partial charge in [0.2, 0.25) is 5.91 Å². The molecule has 2 rings (SSSR count). The number of hydrogen-bond acceptors (Lipinski definition) is 3. The first-order valence-corrected chi connectivity index (χ1v) is 6.70. The van der Waals surface area contributed by atoms with E-state index in [0.29, 0.717) is 13.0 Å². The van der Waals surface area contributed by atoms with Crippen molar-refractivity contribution < 1.29 is 14.7 Å². The highest BCUT2D eigenvalue weighted by Gasteiger charge is 2.21. The number of benzene rings is 1. The van der Waals surface area contributed by atoms with Gasteiger partial charge in [0.1, 0.15) is 5.75 Å². The van der Waals surface area contributed by atoms with E-state index in [1.165, 1.54) is 6.07 Å². The number of phenols is 1. The minimum absolute atomic E-state index is 0.00798. The Morgan fingerprint density at radius 1 is 1.56 bits per heavy atom. The highest BCUT2D eigenvalue weighted by molar-refractivity contribution is 14.1. The fourth-order valence-electron chi connectivity index (χ4n) is 1.83. The Kier molecular flexibility index (Phi) is 4.05. The monoisotopic (exact) mass is 360 g/mol. The molecule has 1 unspecified atom stereocenters. The van der Waals surface area contributed by atoms with Crippen LogP contribution < -0.4 is 10.6 Å². The smallest absolute Gasteiger partial charge is 0.255 e. The second kappa shape index (κ2) is 5.55. The number of rotatable bonds is 3. The van der Waals surface area contributed by atoms with Gasteiger partial charge < -0.3 is 15.7 Å². The molecular formula is C12H13IN2O3. The highest BCUT2D eigenvalue weighted by atomic mass is 127. The van der Waals surface area contributed by atoms with Crippen molar-refractivity contribution in [3.8, 4) is 5.75 Å². The van der Waals surface area contributed by atoms with E-state index >= 15 is 0 Å². The summed E-state index contributed by atoms with van der Waals surface area (Å²) in [7, 11) is 0. The first-order chi connectivity index (χ1) is 8.56. The summed E-state index contributed by atoms with van der Waals surface area (Å²) in [4.78, 5) is 22.9. The largest absolute Gasteiger partial charge is 0.507 e. The van der Waals surface area contributed by atoms with Crippen molar-refractivity contribution in [1.82, 2.24) is 10.6 Å². The van der Waals surface area contributed by atoms with E-state index in [0.717, 1.165) is 9.99 Å². The van der Waals surface area contributed by atoms with Crippen LogP contribution in [0.4, 0.5) is 0 Å². The van der Waals surface area contributed by atoms with Crippen molar-refractivity contribution in [2.75, 3.05) is 6.54 Å². The predicted molar refractivity (Wildman–Crippen MR) is 74.3 cm³/mol. The molecule has 0 spiro atoms. The van der Waals surface area contributed by atoms with Gasteiger partial charge in [0.25, 0.3) is 5.91 Å². The van der Waals surface area contributed by atoms with Crippen LogP contribution in [0, 0.1) is 3.57 Å². The summed E-state index contributed by atoms with van der Waals surface area (Å²) in [6.45, 7) is 0.384. The number of carbonyl (C=O) groups is 2. The molecule has 1 aliphatic rings. The third kappa shape index (κ3) is 3.12. The van der Waals surface area contributed by atoms with Crippen LogP contribution in [0.3, 0.4) is 0 Å². The number of carbonyl (C=O) groups excluding carboxylic acids is 2. The molecule has 1 aromatic carbocycles. The number of halogens is 1. The van der Waals surface area contributed by atoms with Gasteiger partial charge in [0.05, 0.1) is 5.56 Å². The number of phenolic OH excluding ortho intramolecular Hbond substituents is 1. The van der Waals surface area contributed by atoms with Crippen LogP contribution in [-0.2, 0) is 4.79 Å². The van der Waals surface area contributed by atoms with Gasteiger partial charge in [0, 0.05) is 22.6 Å². The molecule has 1 aromatic rings. The van der Waals surface area contributed by atoms with Gasteiger partial charge in [-0.25, -0.2) is 0 Å². The highest BCUT2D eigenvalue weighted by Crippen LogP contribution is 2.19. The Morgan fingerprint density at radius 2 is 2.33 bits per heavy atom. The van der Waals surface area contributed by atoms with Crippen molar-refractivity contribution in [1.29, 1.82) is 0 Å². The van der Waals surface area contributed by atoms with Crippen LogP contribution in [0.1, 0.15) is 23.2 Å². The molecule has 0 aromatic heterocycles. The van der Waals surface area contributed by atoms with E-state index in [2.05, 4.69) is 33.2 Å². The molecule has 1 atom stereocenters. The SMILES string of the molecule is O=C1CCC(CNC(=O)c2cc(I)ccc2O)N1. The molecule has 0 saturated carbocycles. The summed E-state index contributed by atoms with van der Waals surface area (Å²) in [6.07, 6.45) is 1.24. The van der Waals surface area contributed by atoms with E-state index in [-0.39, 0.29) is 29.2 Å². The van der Waals surface area contributed by atoms with Crippen LogP contribution in [0.2, 0.25) is 0 Å². The maximum Gasteiger partial charge on any atom is 0.255 e. The molecule has 0 aliphatic carbocycles. The van der Waals surface area contributed by atoms with Crippen molar-refractivity contribution in [2.24, 2.45) is 0 Å². The van der Waals surface area contributed by atoms with Crippen LogP contribution in [-0.4, -0.2) is 29.5 Å². The fraction of sp³-hybridized carbons (Fsp3) is 0.333. The maximum absolute atomic E-state index is 11.9. The molecule has 0 radical (unpaired) electrons. The molecule has 1 heterocycles. The summed E-state index contributed by atoms with van der Waals surface area (Å²) in [6, 6.07) is 4.84. The lowest BCUT2D eigenvalue weighted by Crippen LogP contribution is -2.38. The fourth-order valence-corrected chi connectivity index (χ4v) is 2.32. The van der Waals surface area contributed by atoms with E-state index in [1.54, 1.807) is 12.1 Å². The summed E-state index contributed by atoms with van der Waals surface area (Å²) in [5, 5.41) is 15.1. The van der Waals surface area contributed by atoms with Gasteiger partial charge in [0.15, 0.2) is 0 Å². The van der Waals surface area contributed by atoms with Gasteiger partial charge >= 0.3 is 0 Å². The second-order valence-electron chi connectivity index (χ2n) is 4.17. The van der Waals surface area contributed by atoms with Gasteiger partial charge in [-0.05, 0) is 47.2 Å². The Morgan fingerprint density at radius 3 is 3.00 bits per heavy atom. The molecular weight excluding hydrogens is 347 g/mol. The van der Waals surface area contributed by atoms with Gasteiger partial charge in [-0.3, -0.25) is 9.59 Å². The summed E-state index contributed by atoms with van der Waals surface area (Å²) < 4.78 is 0.879. The Hall–Kier alpha value is -1.31. The molecule has 3 N–H and O–H groups in total. The van der Waals surface area contributed by atoms with Crippen LogP contribution in [0.5, 0.6) is 5.75 Å². The zero-order valence-electron chi connectivity index (χ0n) is 9.57. The summed E-state index contributed by atoms with van der Waals surface area (Å²) in [5.41, 5.74) is 0.256. The predicted octanol–water partition coefficient (Wildman–Crippen LogP) is 1.01. The Balaban J connectivity index is 1.95. The van der Waals surface area contributed by atoms with Gasteiger partial charge in [-0.2, -0.15) is 0 Å².